The van der Waals surface area contributed by atoms with E-state index in [1.165, 1.54) is 21.3 Å². The van der Waals surface area contributed by atoms with Crippen LogP contribution in [-0.4, -0.2) is 42.6 Å². The largest absolute Gasteiger partial charge is 0.497 e. The van der Waals surface area contributed by atoms with Crippen LogP contribution in [0.15, 0.2) is 59.7 Å². The second kappa shape index (κ2) is 7.82. The Labute approximate surface area is 172 Å². The molecule has 2 aromatic carbocycles. The van der Waals surface area contributed by atoms with Crippen molar-refractivity contribution < 1.29 is 18.9 Å². The molecule has 0 fully saturated rings. The van der Waals surface area contributed by atoms with E-state index in [0.29, 0.717) is 45.4 Å². The van der Waals surface area contributed by atoms with Gasteiger partial charge in [-0.1, -0.05) is 0 Å². The molecule has 0 aliphatic rings. The zero-order valence-electron chi connectivity index (χ0n) is 17.1. The Hall–Kier alpha value is -3.94. The van der Waals surface area contributed by atoms with Gasteiger partial charge in [-0.3, -0.25) is 14.1 Å². The number of hydrogen-bond acceptors (Lipinski definition) is 6. The maximum atomic E-state index is 13.6. The van der Waals surface area contributed by atoms with E-state index in [1.54, 1.807) is 59.0 Å². The molecule has 0 atom stereocenters. The van der Waals surface area contributed by atoms with Crippen LogP contribution in [0.4, 0.5) is 0 Å². The zero-order chi connectivity index (χ0) is 21.3. The minimum absolute atomic E-state index is 0.252. The Kier molecular flexibility index (Phi) is 5.05. The lowest BCUT2D eigenvalue weighted by Gasteiger charge is -2.14. The van der Waals surface area contributed by atoms with Gasteiger partial charge in [-0.15, -0.1) is 0 Å². The maximum Gasteiger partial charge on any atom is 0.338 e. The van der Waals surface area contributed by atoms with Crippen molar-refractivity contribution in [3.8, 4) is 34.4 Å². The fraction of sp³-hybridized carbons (Fsp3) is 0.182. The van der Waals surface area contributed by atoms with Crippen molar-refractivity contribution in [2.24, 2.45) is 0 Å². The molecule has 0 amide bonds. The number of fused-ring (bicyclic) bond motifs is 1. The highest BCUT2D eigenvalue weighted by atomic mass is 16.5. The van der Waals surface area contributed by atoms with Crippen molar-refractivity contribution in [1.29, 1.82) is 0 Å². The van der Waals surface area contributed by atoms with Gasteiger partial charge < -0.3 is 18.9 Å². The van der Waals surface area contributed by atoms with Crippen molar-refractivity contribution in [3.63, 3.8) is 0 Å². The zero-order valence-corrected chi connectivity index (χ0v) is 17.1. The van der Waals surface area contributed by atoms with E-state index in [4.69, 9.17) is 18.9 Å². The molecule has 8 heteroatoms. The summed E-state index contributed by atoms with van der Waals surface area (Å²) in [6.07, 6.45) is 3.31. The number of rotatable bonds is 6. The molecule has 0 spiro atoms. The molecule has 0 aliphatic heterocycles. The van der Waals surface area contributed by atoms with E-state index in [0.717, 1.165) is 0 Å². The van der Waals surface area contributed by atoms with Gasteiger partial charge in [-0.2, -0.15) is 0 Å². The smallest absolute Gasteiger partial charge is 0.338 e. The second-order valence-electron chi connectivity index (χ2n) is 6.40. The average molecular weight is 407 g/mol. The summed E-state index contributed by atoms with van der Waals surface area (Å²) in [5.74, 6) is 2.08. The van der Waals surface area contributed by atoms with Gasteiger partial charge in [0.2, 0.25) is 5.75 Å². The summed E-state index contributed by atoms with van der Waals surface area (Å²) in [7, 11) is 6.21. The lowest BCUT2D eigenvalue weighted by atomic mass is 10.2. The van der Waals surface area contributed by atoms with Crippen molar-refractivity contribution in [1.82, 2.24) is 14.1 Å². The molecule has 0 radical (unpaired) electrons. The first-order valence-corrected chi connectivity index (χ1v) is 9.15. The van der Waals surface area contributed by atoms with Crippen LogP contribution in [-0.2, 0) is 0 Å². The molecule has 8 nitrogen and oxygen atoms in total. The molecule has 4 aromatic rings. The number of methoxy groups -OCH3 is 4. The highest BCUT2D eigenvalue weighted by Gasteiger charge is 2.20. The average Bonchev–Trinajstić information content (AvgIpc) is 3.09. The van der Waals surface area contributed by atoms with Gasteiger partial charge >= 0.3 is 5.69 Å². The third-order valence-electron chi connectivity index (χ3n) is 4.88. The second-order valence-corrected chi connectivity index (χ2v) is 6.40. The van der Waals surface area contributed by atoms with Crippen molar-refractivity contribution >= 4 is 11.0 Å². The summed E-state index contributed by atoms with van der Waals surface area (Å²) < 4.78 is 24.7. The Balaban J connectivity index is 2.02. The van der Waals surface area contributed by atoms with E-state index < -0.39 is 0 Å². The fourth-order valence-electron chi connectivity index (χ4n) is 3.47. The van der Waals surface area contributed by atoms with Crippen molar-refractivity contribution in [2.75, 3.05) is 28.4 Å². The standard InChI is InChI=1S/C22H21N3O5/c1-27-16-7-5-14(6-8-16)24-18-13-23-10-9-17(18)25(22(24)26)15-11-19(28-2)21(30-4)20(12-15)29-3/h5-13H,1-4H3. The van der Waals surface area contributed by atoms with Crippen LogP contribution < -0.4 is 24.6 Å². The van der Waals surface area contributed by atoms with Crippen LogP contribution >= 0.6 is 0 Å². The molecule has 30 heavy (non-hydrogen) atoms. The van der Waals surface area contributed by atoms with E-state index >= 15 is 0 Å². The summed E-state index contributed by atoms with van der Waals surface area (Å²) >= 11 is 0. The van der Waals surface area contributed by atoms with Crippen LogP contribution in [0.25, 0.3) is 22.4 Å². The molecular weight excluding hydrogens is 386 g/mol. The topological polar surface area (TPSA) is 76.7 Å². The minimum Gasteiger partial charge on any atom is -0.497 e. The van der Waals surface area contributed by atoms with Gasteiger partial charge in [0.15, 0.2) is 11.5 Å². The van der Waals surface area contributed by atoms with Crippen LogP contribution in [0, 0.1) is 0 Å². The molecule has 4 rings (SSSR count). The first-order valence-electron chi connectivity index (χ1n) is 9.15. The summed E-state index contributed by atoms with van der Waals surface area (Å²) in [4.78, 5) is 17.8. The molecule has 0 unspecified atom stereocenters. The lowest BCUT2D eigenvalue weighted by molar-refractivity contribution is 0.324. The Morgan fingerprint density at radius 2 is 1.37 bits per heavy atom. The summed E-state index contributed by atoms with van der Waals surface area (Å²) in [6, 6.07) is 12.5. The van der Waals surface area contributed by atoms with Gasteiger partial charge in [-0.05, 0) is 30.3 Å². The number of hydrogen-bond donors (Lipinski definition) is 0. The molecule has 0 bridgehead atoms. The van der Waals surface area contributed by atoms with Crippen LogP contribution in [0.1, 0.15) is 0 Å². The number of ether oxygens (including phenoxy) is 4. The first-order chi connectivity index (χ1) is 14.6. The van der Waals surface area contributed by atoms with Crippen LogP contribution in [0.5, 0.6) is 23.0 Å². The Morgan fingerprint density at radius 3 is 1.93 bits per heavy atom. The van der Waals surface area contributed by atoms with Gasteiger partial charge in [0.25, 0.3) is 0 Å². The predicted molar refractivity (Wildman–Crippen MR) is 113 cm³/mol. The minimum atomic E-state index is -0.252. The van der Waals surface area contributed by atoms with E-state index in [9.17, 15) is 4.79 Å². The van der Waals surface area contributed by atoms with Crippen molar-refractivity contribution in [2.45, 2.75) is 0 Å². The van der Waals surface area contributed by atoms with Gasteiger partial charge in [-0.25, -0.2) is 4.79 Å². The normalized spacial score (nSPS) is 10.8. The van der Waals surface area contributed by atoms with Gasteiger partial charge in [0.1, 0.15) is 5.75 Å². The molecule has 154 valence electrons. The van der Waals surface area contributed by atoms with E-state index in [2.05, 4.69) is 4.98 Å². The van der Waals surface area contributed by atoms with E-state index in [1.807, 2.05) is 12.1 Å². The number of imidazole rings is 1. The summed E-state index contributed by atoms with van der Waals surface area (Å²) in [5, 5.41) is 0. The summed E-state index contributed by atoms with van der Waals surface area (Å²) in [5.41, 5.74) is 2.39. The molecular formula is C22H21N3O5. The maximum absolute atomic E-state index is 13.6. The highest BCUT2D eigenvalue weighted by molar-refractivity contribution is 5.79. The fourth-order valence-corrected chi connectivity index (χ4v) is 3.47. The molecule has 0 saturated heterocycles. The summed E-state index contributed by atoms with van der Waals surface area (Å²) in [6.45, 7) is 0. The molecule has 2 heterocycles. The molecule has 0 aliphatic carbocycles. The quantitative estimate of drug-likeness (QED) is 0.489. The SMILES string of the molecule is COc1ccc(-n2c(=O)n(-c3cc(OC)c(OC)c(OC)c3)c3ccncc32)cc1. The molecule has 0 N–H and O–H groups in total. The van der Waals surface area contributed by atoms with Gasteiger partial charge in [0, 0.05) is 18.3 Å². The van der Waals surface area contributed by atoms with Crippen LogP contribution in [0.3, 0.4) is 0 Å². The number of aromatic nitrogens is 3. The first kappa shape index (κ1) is 19.4. The molecule has 2 aromatic heterocycles. The third kappa shape index (κ3) is 3.02. The van der Waals surface area contributed by atoms with E-state index in [-0.39, 0.29) is 5.69 Å². The number of pyridine rings is 1. The lowest BCUT2D eigenvalue weighted by Crippen LogP contribution is -2.22. The third-order valence-corrected chi connectivity index (χ3v) is 4.88. The predicted octanol–water partition coefficient (Wildman–Crippen LogP) is 3.21. The van der Waals surface area contributed by atoms with Crippen LogP contribution in [0.2, 0.25) is 0 Å². The Bertz CT molecular complexity index is 1230. The molecule has 0 saturated carbocycles. The number of nitrogens with zero attached hydrogens (tertiary/aromatic N) is 3. The number of benzene rings is 2. The highest BCUT2D eigenvalue weighted by Crippen LogP contribution is 2.39. The monoisotopic (exact) mass is 407 g/mol. The van der Waals surface area contributed by atoms with Crippen molar-refractivity contribution in [3.05, 3.63) is 65.3 Å². The van der Waals surface area contributed by atoms with Gasteiger partial charge in [0.05, 0.1) is 57.0 Å². The Morgan fingerprint density at radius 1 is 0.733 bits per heavy atom.